The van der Waals surface area contributed by atoms with Crippen molar-refractivity contribution in [1.29, 1.82) is 0 Å². The minimum Gasteiger partial charge on any atom is -0.455 e. The molecule has 0 saturated carbocycles. The summed E-state index contributed by atoms with van der Waals surface area (Å²) in [6.45, 7) is 0. The average molecular weight is 655 g/mol. The predicted octanol–water partition coefficient (Wildman–Crippen LogP) is 13.8. The molecule has 0 radical (unpaired) electrons. The maximum atomic E-state index is 9.67. The van der Waals surface area contributed by atoms with E-state index in [1.165, 1.54) is 0 Å². The molecule has 50 heavy (non-hydrogen) atoms. The standard InChI is InChI=1S/C48H31NO/c1-2-12-37-31-38(20-19-32(37)9-1)33-21-26-39(27-22-33)49(40-28-23-36(24-29-40)42-16-7-13-34-10-3-5-14-41(34)42)45-17-8-18-46-47(45)44-30-25-35-11-4-6-15-43(35)48(44)50-46/h1-31H/i4D,6D,8D,11D,15D,17D,18D,21D,22D,23D,24D,25D,26D,27D,28D,29D,30D. The number of nitrogens with zero attached hydrogens (tertiary/aromatic N) is 1. The maximum Gasteiger partial charge on any atom is 0.143 e. The third-order valence-electron chi connectivity index (χ3n) is 8.72. The van der Waals surface area contributed by atoms with Crippen LogP contribution in [-0.2, 0) is 0 Å². The first-order valence-corrected chi connectivity index (χ1v) is 15.7. The van der Waals surface area contributed by atoms with E-state index in [2.05, 4.69) is 0 Å². The molecule has 0 amide bonds. The first kappa shape index (κ1) is 16.2. The highest BCUT2D eigenvalue weighted by molar-refractivity contribution is 6.19. The Balaban J connectivity index is 1.39. The molecule has 0 aliphatic carbocycles. The molecule has 2 nitrogen and oxygen atoms in total. The van der Waals surface area contributed by atoms with Crippen LogP contribution in [0.25, 0.3) is 76.5 Å². The van der Waals surface area contributed by atoms with Crippen molar-refractivity contribution in [3.63, 3.8) is 0 Å². The zero-order valence-electron chi connectivity index (χ0n) is 42.9. The lowest BCUT2D eigenvalue weighted by Gasteiger charge is -2.26. The zero-order valence-corrected chi connectivity index (χ0v) is 25.9. The van der Waals surface area contributed by atoms with Crippen molar-refractivity contribution in [2.75, 3.05) is 4.90 Å². The van der Waals surface area contributed by atoms with Gasteiger partial charge in [-0.05, 0) is 97.5 Å². The van der Waals surface area contributed by atoms with Gasteiger partial charge in [0.1, 0.15) is 11.2 Å². The molecule has 0 spiro atoms. The third kappa shape index (κ3) is 4.65. The van der Waals surface area contributed by atoms with Gasteiger partial charge >= 0.3 is 0 Å². The average Bonchev–Trinajstić information content (AvgIpc) is 3.72. The molecule has 0 unspecified atom stereocenters. The Bertz CT molecular complexity index is 3800. The van der Waals surface area contributed by atoms with Crippen molar-refractivity contribution < 1.29 is 27.7 Å². The summed E-state index contributed by atoms with van der Waals surface area (Å²) in [6.07, 6.45) is 0. The molecule has 1 heterocycles. The monoisotopic (exact) mass is 654 g/mol. The van der Waals surface area contributed by atoms with Gasteiger partial charge < -0.3 is 9.32 Å². The summed E-state index contributed by atoms with van der Waals surface area (Å²) in [5.41, 5.74) is -2.61. The molecular weight excluding hydrogens is 607 g/mol. The van der Waals surface area contributed by atoms with Crippen LogP contribution in [-0.4, -0.2) is 0 Å². The Morgan fingerprint density at radius 1 is 0.440 bits per heavy atom. The number of rotatable bonds is 5. The fourth-order valence-corrected chi connectivity index (χ4v) is 6.36. The second-order valence-corrected chi connectivity index (χ2v) is 11.6. The summed E-state index contributed by atoms with van der Waals surface area (Å²) in [7, 11) is 0. The van der Waals surface area contributed by atoms with Crippen LogP contribution in [0.5, 0.6) is 0 Å². The summed E-state index contributed by atoms with van der Waals surface area (Å²) in [4.78, 5) is 0.795. The highest BCUT2D eigenvalue weighted by atomic mass is 16.3. The van der Waals surface area contributed by atoms with Gasteiger partial charge in [-0.15, -0.1) is 0 Å². The second kappa shape index (κ2) is 11.5. The van der Waals surface area contributed by atoms with Gasteiger partial charge in [0.2, 0.25) is 0 Å². The van der Waals surface area contributed by atoms with Crippen molar-refractivity contribution in [2.45, 2.75) is 0 Å². The largest absolute Gasteiger partial charge is 0.455 e. The normalized spacial score (nSPS) is 16.4. The number of benzene rings is 9. The first-order chi connectivity index (χ1) is 31.9. The summed E-state index contributed by atoms with van der Waals surface area (Å²) < 4.78 is 163. The molecule has 1 aromatic heterocycles. The number of fused-ring (bicyclic) bond motifs is 7. The van der Waals surface area contributed by atoms with Crippen molar-refractivity contribution in [3.05, 3.63) is 188 Å². The molecule has 2 heteroatoms. The topological polar surface area (TPSA) is 16.4 Å². The predicted molar refractivity (Wildman–Crippen MR) is 212 cm³/mol. The second-order valence-electron chi connectivity index (χ2n) is 11.6. The van der Waals surface area contributed by atoms with Gasteiger partial charge in [-0.1, -0.05) is 139 Å². The van der Waals surface area contributed by atoms with Crippen molar-refractivity contribution in [3.8, 4) is 22.3 Å². The summed E-state index contributed by atoms with van der Waals surface area (Å²) >= 11 is 0. The highest BCUT2D eigenvalue weighted by Crippen LogP contribution is 2.45. The molecule has 0 atom stereocenters. The van der Waals surface area contributed by atoms with Crippen molar-refractivity contribution >= 4 is 71.3 Å². The Kier molecular flexibility index (Phi) is 3.72. The van der Waals surface area contributed by atoms with E-state index in [9.17, 15) is 13.7 Å². The molecule has 10 aromatic rings. The fourth-order valence-electron chi connectivity index (χ4n) is 6.36. The minimum absolute atomic E-state index is 0.123. The smallest absolute Gasteiger partial charge is 0.143 e. The number of furan rings is 1. The Morgan fingerprint density at radius 3 is 2.00 bits per heavy atom. The van der Waals surface area contributed by atoms with Gasteiger partial charge in [-0.25, -0.2) is 0 Å². The van der Waals surface area contributed by atoms with Crippen LogP contribution in [0, 0.1) is 0 Å². The van der Waals surface area contributed by atoms with Crippen LogP contribution in [0.1, 0.15) is 23.3 Å². The zero-order chi connectivity index (χ0) is 47.8. The SMILES string of the molecule is [2H]c1c([2H])c(N(c2c([2H])c([2H])c(-c3cccc4ccccc34)c([2H])c2[2H])c2c([2H])c([2H])c([2H])c3oc4c5c([2H])c([2H])c([2H])c([2H])c5c([2H])c([2H])c4c23)c([2H])c([2H])c1-c1ccc2ccccc2c1. The van der Waals surface area contributed by atoms with Gasteiger partial charge in [0.25, 0.3) is 0 Å². The number of hydrogen-bond donors (Lipinski definition) is 0. The molecule has 0 saturated heterocycles. The molecular formula is C48H31NO. The lowest BCUT2D eigenvalue weighted by Crippen LogP contribution is -2.10. The van der Waals surface area contributed by atoms with Gasteiger partial charge in [0, 0.05) is 22.1 Å². The molecule has 0 aliphatic heterocycles. The van der Waals surface area contributed by atoms with Crippen LogP contribution < -0.4 is 4.90 Å². The Morgan fingerprint density at radius 2 is 1.16 bits per heavy atom. The van der Waals surface area contributed by atoms with E-state index in [4.69, 9.17) is 14.0 Å². The van der Waals surface area contributed by atoms with E-state index in [-0.39, 0.29) is 16.5 Å². The van der Waals surface area contributed by atoms with E-state index in [1.54, 1.807) is 54.6 Å². The fraction of sp³-hybridized carbons (Fsp3) is 0. The van der Waals surface area contributed by atoms with Crippen LogP contribution in [0.4, 0.5) is 17.1 Å². The van der Waals surface area contributed by atoms with Gasteiger partial charge in [0.05, 0.1) is 34.4 Å². The summed E-state index contributed by atoms with van der Waals surface area (Å²) in [5.74, 6) is 0. The third-order valence-corrected chi connectivity index (χ3v) is 8.72. The van der Waals surface area contributed by atoms with Gasteiger partial charge in [-0.3, -0.25) is 0 Å². The van der Waals surface area contributed by atoms with E-state index in [0.717, 1.165) is 21.1 Å². The maximum absolute atomic E-state index is 9.67. The van der Waals surface area contributed by atoms with Crippen LogP contribution in [0.2, 0.25) is 0 Å². The van der Waals surface area contributed by atoms with Crippen LogP contribution >= 0.6 is 0 Å². The van der Waals surface area contributed by atoms with Gasteiger partial charge in [0.15, 0.2) is 0 Å². The van der Waals surface area contributed by atoms with Gasteiger partial charge in [-0.2, -0.15) is 0 Å². The molecule has 0 fully saturated rings. The summed E-state index contributed by atoms with van der Waals surface area (Å²) in [5, 5.41) is 1.34. The Hall–Kier alpha value is -6.64. The van der Waals surface area contributed by atoms with Crippen molar-refractivity contribution in [2.24, 2.45) is 0 Å². The lowest BCUT2D eigenvalue weighted by atomic mass is 9.98. The van der Waals surface area contributed by atoms with E-state index in [0.29, 0.717) is 16.5 Å². The first-order valence-electron chi connectivity index (χ1n) is 24.2. The highest BCUT2D eigenvalue weighted by Gasteiger charge is 2.20. The van der Waals surface area contributed by atoms with Crippen molar-refractivity contribution in [1.82, 2.24) is 0 Å². The van der Waals surface area contributed by atoms with E-state index >= 15 is 0 Å². The summed E-state index contributed by atoms with van der Waals surface area (Å²) in [6, 6.07) is 12.6. The minimum atomic E-state index is -0.869. The molecule has 9 aromatic carbocycles. The van der Waals surface area contributed by atoms with E-state index < -0.39 is 147 Å². The molecule has 0 N–H and O–H groups in total. The van der Waals surface area contributed by atoms with Crippen LogP contribution in [0.3, 0.4) is 0 Å². The number of anilines is 3. The van der Waals surface area contributed by atoms with Crippen LogP contribution in [0.15, 0.2) is 192 Å². The quantitative estimate of drug-likeness (QED) is 0.184. The molecule has 234 valence electrons. The van der Waals surface area contributed by atoms with E-state index in [1.807, 2.05) is 30.3 Å². The lowest BCUT2D eigenvalue weighted by molar-refractivity contribution is 0.672. The molecule has 10 rings (SSSR count). The number of hydrogen-bond acceptors (Lipinski definition) is 2. The molecule has 0 aliphatic rings. The Labute approximate surface area is 314 Å². The molecule has 0 bridgehead atoms.